The number of hydrogen-bond acceptors (Lipinski definition) is 6. The van der Waals surface area contributed by atoms with Gasteiger partial charge in [0.1, 0.15) is 5.60 Å². The Labute approximate surface area is 131 Å². The monoisotopic (exact) mass is 326 g/mol. The summed E-state index contributed by atoms with van der Waals surface area (Å²) in [6, 6.07) is -0.608. The number of alkyl carbamates (subject to hydrolysis) is 1. The topological polar surface area (TPSA) is 109 Å². The first-order valence-electron chi connectivity index (χ1n) is 6.65. The van der Waals surface area contributed by atoms with Crippen LogP contribution >= 0.6 is 11.3 Å². The quantitative estimate of drug-likeness (QED) is 0.718. The van der Waals surface area contributed by atoms with Crippen LogP contribution in [-0.4, -0.2) is 35.2 Å². The average Bonchev–Trinajstić information content (AvgIpc) is 2.89. The summed E-state index contributed by atoms with van der Waals surface area (Å²) >= 11 is 1.24. The minimum Gasteiger partial charge on any atom is -0.444 e. The van der Waals surface area contributed by atoms with E-state index in [1.54, 1.807) is 33.2 Å². The van der Waals surface area contributed by atoms with Crippen molar-refractivity contribution >= 4 is 29.4 Å². The molecule has 0 radical (unpaired) electrons. The number of urea groups is 1. The largest absolute Gasteiger partial charge is 0.444 e. The zero-order valence-electron chi connectivity index (χ0n) is 12.8. The van der Waals surface area contributed by atoms with Crippen LogP contribution in [0.5, 0.6) is 0 Å². The molecule has 1 aliphatic heterocycles. The highest BCUT2D eigenvalue weighted by Crippen LogP contribution is 2.30. The summed E-state index contributed by atoms with van der Waals surface area (Å²) in [4.78, 5) is 40.3. The number of nitrogens with zero attached hydrogens (tertiary/aromatic N) is 1. The van der Waals surface area contributed by atoms with Crippen molar-refractivity contribution in [3.8, 4) is 0 Å². The van der Waals surface area contributed by atoms with Crippen molar-refractivity contribution < 1.29 is 19.1 Å². The second-order valence-electron chi connectivity index (χ2n) is 5.94. The lowest BCUT2D eigenvalue weighted by Crippen LogP contribution is -2.53. The molecular weight excluding hydrogens is 308 g/mol. The number of ether oxygens (including phenoxy) is 1. The number of carbonyl (C=O) groups excluding carboxylic acids is 3. The highest BCUT2D eigenvalue weighted by molar-refractivity contribution is 7.10. The van der Waals surface area contributed by atoms with Crippen LogP contribution in [0.15, 0.2) is 5.51 Å². The lowest BCUT2D eigenvalue weighted by molar-refractivity contribution is -0.124. The number of aryl methyl sites for hydroxylation is 1. The molecule has 8 nitrogen and oxygen atoms in total. The maximum Gasteiger partial charge on any atom is 0.407 e. The molecule has 120 valence electrons. The van der Waals surface area contributed by atoms with E-state index in [-0.39, 0.29) is 6.54 Å². The molecule has 2 rings (SSSR count). The van der Waals surface area contributed by atoms with Crippen LogP contribution in [0.1, 0.15) is 31.3 Å². The second-order valence-corrected chi connectivity index (χ2v) is 6.79. The van der Waals surface area contributed by atoms with E-state index in [2.05, 4.69) is 20.9 Å². The van der Waals surface area contributed by atoms with E-state index in [9.17, 15) is 14.4 Å². The minimum atomic E-state index is -1.36. The maximum atomic E-state index is 12.2. The van der Waals surface area contributed by atoms with Crippen molar-refractivity contribution in [2.75, 3.05) is 6.54 Å². The van der Waals surface area contributed by atoms with Gasteiger partial charge in [-0.05, 0) is 27.7 Å². The van der Waals surface area contributed by atoms with Gasteiger partial charge >= 0.3 is 12.1 Å². The molecule has 1 unspecified atom stereocenters. The first kappa shape index (κ1) is 16.2. The molecule has 4 amide bonds. The van der Waals surface area contributed by atoms with E-state index >= 15 is 0 Å². The van der Waals surface area contributed by atoms with Gasteiger partial charge in [-0.1, -0.05) is 0 Å². The summed E-state index contributed by atoms with van der Waals surface area (Å²) in [6.45, 7) is 6.82. The Morgan fingerprint density at radius 1 is 1.45 bits per heavy atom. The van der Waals surface area contributed by atoms with Gasteiger partial charge in [0.2, 0.25) is 0 Å². The predicted molar refractivity (Wildman–Crippen MR) is 79.4 cm³/mol. The zero-order valence-corrected chi connectivity index (χ0v) is 13.6. The predicted octanol–water partition coefficient (Wildman–Crippen LogP) is 1.01. The fourth-order valence-electron chi connectivity index (χ4n) is 2.09. The molecule has 1 fully saturated rings. The van der Waals surface area contributed by atoms with Crippen molar-refractivity contribution in [3.05, 3.63) is 16.1 Å². The Balaban J connectivity index is 2.21. The number of thiazole rings is 1. The third-order valence-corrected chi connectivity index (χ3v) is 4.06. The maximum absolute atomic E-state index is 12.2. The van der Waals surface area contributed by atoms with Crippen LogP contribution in [0.25, 0.3) is 0 Å². The van der Waals surface area contributed by atoms with Crippen molar-refractivity contribution in [1.29, 1.82) is 0 Å². The van der Waals surface area contributed by atoms with Crippen LogP contribution in [0.4, 0.5) is 9.59 Å². The van der Waals surface area contributed by atoms with Crippen molar-refractivity contribution in [3.63, 3.8) is 0 Å². The number of hydrogen-bond donors (Lipinski definition) is 3. The Morgan fingerprint density at radius 2 is 2.14 bits per heavy atom. The fraction of sp³-hybridized carbons (Fsp3) is 0.538. The van der Waals surface area contributed by atoms with E-state index in [1.165, 1.54) is 11.3 Å². The van der Waals surface area contributed by atoms with Gasteiger partial charge in [0.25, 0.3) is 5.91 Å². The Hall–Kier alpha value is -2.16. The number of amides is 4. The van der Waals surface area contributed by atoms with Crippen LogP contribution in [0.3, 0.4) is 0 Å². The molecule has 0 aromatic carbocycles. The Kier molecular flexibility index (Phi) is 4.10. The zero-order chi connectivity index (χ0) is 16.5. The van der Waals surface area contributed by atoms with Gasteiger partial charge in [-0.15, -0.1) is 11.3 Å². The molecule has 0 saturated carbocycles. The summed E-state index contributed by atoms with van der Waals surface area (Å²) < 4.78 is 5.15. The van der Waals surface area contributed by atoms with Gasteiger partial charge < -0.3 is 15.4 Å². The van der Waals surface area contributed by atoms with E-state index in [1.807, 2.05) is 0 Å². The fourth-order valence-corrected chi connectivity index (χ4v) is 3.04. The summed E-state index contributed by atoms with van der Waals surface area (Å²) in [5.74, 6) is -0.527. The van der Waals surface area contributed by atoms with Crippen molar-refractivity contribution in [2.45, 2.75) is 38.8 Å². The standard InChI is InChI=1S/C13H18N4O4S/c1-7-8(22-6-15-7)13(9(18)16-10(19)17-13)5-14-11(20)21-12(2,3)4/h6H,5H2,1-4H3,(H,14,20)(H2,16,17,18,19). The molecule has 1 saturated heterocycles. The lowest BCUT2D eigenvalue weighted by Gasteiger charge is -2.27. The Morgan fingerprint density at radius 3 is 2.59 bits per heavy atom. The van der Waals surface area contributed by atoms with Crippen LogP contribution in [0, 0.1) is 6.92 Å². The molecule has 3 N–H and O–H groups in total. The van der Waals surface area contributed by atoms with Gasteiger partial charge in [0.05, 0.1) is 22.6 Å². The van der Waals surface area contributed by atoms with Gasteiger partial charge in [-0.3, -0.25) is 10.1 Å². The normalized spacial score (nSPS) is 21.3. The molecule has 9 heteroatoms. The van der Waals surface area contributed by atoms with E-state index in [4.69, 9.17) is 4.74 Å². The third-order valence-electron chi connectivity index (χ3n) is 2.97. The molecule has 0 aliphatic carbocycles. The van der Waals surface area contributed by atoms with Crippen molar-refractivity contribution in [2.24, 2.45) is 0 Å². The summed E-state index contributed by atoms with van der Waals surface area (Å²) in [7, 11) is 0. The number of carbonyl (C=O) groups is 3. The van der Waals surface area contributed by atoms with Crippen LogP contribution < -0.4 is 16.0 Å². The molecule has 22 heavy (non-hydrogen) atoms. The molecular formula is C13H18N4O4S. The highest BCUT2D eigenvalue weighted by atomic mass is 32.1. The minimum absolute atomic E-state index is 0.123. The number of aromatic nitrogens is 1. The SMILES string of the molecule is Cc1ncsc1C1(CNC(=O)OC(C)(C)C)NC(=O)NC1=O. The lowest BCUT2D eigenvalue weighted by atomic mass is 9.96. The molecule has 0 spiro atoms. The van der Waals surface area contributed by atoms with Crippen LogP contribution in [-0.2, 0) is 15.1 Å². The molecule has 1 aliphatic rings. The van der Waals surface area contributed by atoms with E-state index in [0.29, 0.717) is 10.6 Å². The number of imide groups is 1. The van der Waals surface area contributed by atoms with Gasteiger partial charge in [0.15, 0.2) is 5.54 Å². The second kappa shape index (κ2) is 5.56. The van der Waals surface area contributed by atoms with Crippen molar-refractivity contribution in [1.82, 2.24) is 20.9 Å². The third kappa shape index (κ3) is 3.19. The summed E-state index contributed by atoms with van der Waals surface area (Å²) in [5, 5.41) is 7.30. The average molecular weight is 326 g/mol. The number of rotatable bonds is 3. The first-order chi connectivity index (χ1) is 10.1. The van der Waals surface area contributed by atoms with Gasteiger partial charge in [-0.2, -0.15) is 0 Å². The Bertz CT molecular complexity index is 622. The molecule has 1 atom stereocenters. The first-order valence-corrected chi connectivity index (χ1v) is 7.53. The smallest absolute Gasteiger partial charge is 0.407 e. The number of nitrogens with one attached hydrogen (secondary N) is 3. The highest BCUT2D eigenvalue weighted by Gasteiger charge is 2.50. The van der Waals surface area contributed by atoms with Gasteiger partial charge in [-0.25, -0.2) is 14.6 Å². The van der Waals surface area contributed by atoms with E-state index in [0.717, 1.165) is 0 Å². The van der Waals surface area contributed by atoms with E-state index < -0.39 is 29.2 Å². The molecule has 1 aromatic rings. The molecule has 1 aromatic heterocycles. The summed E-state index contributed by atoms with van der Waals surface area (Å²) in [6.07, 6.45) is -0.664. The molecule has 2 heterocycles. The van der Waals surface area contributed by atoms with Crippen LogP contribution in [0.2, 0.25) is 0 Å². The van der Waals surface area contributed by atoms with Gasteiger partial charge in [0, 0.05) is 0 Å². The summed E-state index contributed by atoms with van der Waals surface area (Å²) in [5.41, 5.74) is 0.184. The molecule has 0 bridgehead atoms.